The van der Waals surface area contributed by atoms with Gasteiger partial charge in [0.2, 0.25) is 0 Å². The van der Waals surface area contributed by atoms with Crippen molar-refractivity contribution >= 4 is 5.69 Å². The molecule has 19 heavy (non-hydrogen) atoms. The van der Waals surface area contributed by atoms with Crippen LogP contribution < -0.4 is 15.8 Å². The number of halogens is 3. The quantitative estimate of drug-likeness (QED) is 0.524. The van der Waals surface area contributed by atoms with Crippen molar-refractivity contribution in [3.8, 4) is 5.75 Å². The van der Waals surface area contributed by atoms with E-state index in [1.165, 1.54) is 6.07 Å². The summed E-state index contributed by atoms with van der Waals surface area (Å²) in [6.07, 6.45) is -3.81. The van der Waals surface area contributed by atoms with Gasteiger partial charge < -0.3 is 20.9 Å². The van der Waals surface area contributed by atoms with Crippen LogP contribution in [0.15, 0.2) is 18.2 Å². The Morgan fingerprint density at radius 3 is 2.58 bits per heavy atom. The number of aliphatic hydroxyl groups excluding tert-OH is 1. The van der Waals surface area contributed by atoms with Gasteiger partial charge in [0.15, 0.2) is 0 Å². The Morgan fingerprint density at radius 2 is 1.95 bits per heavy atom. The fraction of sp³-hybridized carbons (Fsp3) is 0.500. The number of aliphatic hydroxyl groups is 1. The minimum atomic E-state index is -4.43. The van der Waals surface area contributed by atoms with Crippen LogP contribution >= 0.6 is 0 Å². The highest BCUT2D eigenvalue weighted by Crippen LogP contribution is 2.33. The summed E-state index contributed by atoms with van der Waals surface area (Å²) in [5.74, 6) is 0.106. The summed E-state index contributed by atoms with van der Waals surface area (Å²) in [5.41, 5.74) is 4.60. The third-order valence-corrected chi connectivity index (χ3v) is 2.31. The number of nitrogens with one attached hydrogen (secondary N) is 1. The molecule has 0 aliphatic heterocycles. The Hall–Kier alpha value is -1.47. The summed E-state index contributed by atoms with van der Waals surface area (Å²) >= 11 is 0. The highest BCUT2D eigenvalue weighted by molar-refractivity contribution is 5.48. The normalized spacial score (nSPS) is 11.6. The van der Waals surface area contributed by atoms with Gasteiger partial charge in [0.25, 0.3) is 0 Å². The molecule has 4 N–H and O–H groups in total. The first-order chi connectivity index (χ1) is 8.93. The van der Waals surface area contributed by atoms with Gasteiger partial charge in [0.1, 0.15) is 5.75 Å². The van der Waals surface area contributed by atoms with Crippen molar-refractivity contribution in [1.29, 1.82) is 0 Å². The van der Waals surface area contributed by atoms with E-state index < -0.39 is 11.7 Å². The maximum Gasteiger partial charge on any atom is 0.416 e. The van der Waals surface area contributed by atoms with Gasteiger partial charge in [0, 0.05) is 18.3 Å². The molecule has 0 aromatic heterocycles. The van der Waals surface area contributed by atoms with Gasteiger partial charge in [0.05, 0.1) is 18.8 Å². The molecular formula is C12H17F3N2O2. The summed E-state index contributed by atoms with van der Waals surface area (Å²) in [7, 11) is 0. The lowest BCUT2D eigenvalue weighted by molar-refractivity contribution is -0.137. The number of nitrogens with two attached hydrogens (primary N) is 1. The molecule has 4 nitrogen and oxygen atoms in total. The van der Waals surface area contributed by atoms with Gasteiger partial charge in [-0.3, -0.25) is 0 Å². The van der Waals surface area contributed by atoms with E-state index in [1.54, 1.807) is 0 Å². The Morgan fingerprint density at radius 1 is 1.21 bits per heavy atom. The average molecular weight is 278 g/mol. The number of alkyl halides is 3. The Bertz CT molecular complexity index is 397. The highest BCUT2D eigenvalue weighted by atomic mass is 19.4. The zero-order valence-corrected chi connectivity index (χ0v) is 10.3. The predicted molar refractivity (Wildman–Crippen MR) is 65.9 cm³/mol. The zero-order valence-electron chi connectivity index (χ0n) is 10.3. The first kappa shape index (κ1) is 15.6. The molecule has 0 spiro atoms. The van der Waals surface area contributed by atoms with Crippen molar-refractivity contribution in [3.63, 3.8) is 0 Å². The second kappa shape index (κ2) is 7.20. The topological polar surface area (TPSA) is 67.5 Å². The summed E-state index contributed by atoms with van der Waals surface area (Å²) in [5, 5.41) is 11.5. The maximum absolute atomic E-state index is 12.5. The summed E-state index contributed by atoms with van der Waals surface area (Å²) < 4.78 is 42.8. The van der Waals surface area contributed by atoms with Crippen molar-refractivity contribution in [1.82, 2.24) is 5.32 Å². The monoisotopic (exact) mass is 278 g/mol. The largest absolute Gasteiger partial charge is 0.493 e. The van der Waals surface area contributed by atoms with Gasteiger partial charge in [-0.2, -0.15) is 13.2 Å². The van der Waals surface area contributed by atoms with E-state index in [2.05, 4.69) is 5.32 Å². The van der Waals surface area contributed by atoms with Crippen molar-refractivity contribution in [2.75, 3.05) is 32.0 Å². The maximum atomic E-state index is 12.5. The zero-order chi connectivity index (χ0) is 14.3. The molecule has 0 unspecified atom stereocenters. The molecule has 7 heteroatoms. The lowest BCUT2D eigenvalue weighted by Crippen LogP contribution is -2.20. The number of benzene rings is 1. The smallest absolute Gasteiger partial charge is 0.416 e. The van der Waals surface area contributed by atoms with E-state index in [1.807, 2.05) is 0 Å². The highest BCUT2D eigenvalue weighted by Gasteiger charge is 2.31. The van der Waals surface area contributed by atoms with Gasteiger partial charge >= 0.3 is 6.18 Å². The van der Waals surface area contributed by atoms with Crippen molar-refractivity contribution in [2.45, 2.75) is 12.6 Å². The Labute approximate surface area is 109 Å². The molecule has 0 saturated carbocycles. The van der Waals surface area contributed by atoms with Gasteiger partial charge in [-0.05, 0) is 25.1 Å². The lowest BCUT2D eigenvalue weighted by Gasteiger charge is -2.11. The summed E-state index contributed by atoms with van der Waals surface area (Å²) in [6.45, 7) is 1.43. The molecule has 0 radical (unpaired) electrons. The van der Waals surface area contributed by atoms with Gasteiger partial charge in [-0.1, -0.05) is 0 Å². The minimum absolute atomic E-state index is 0.0169. The van der Waals surface area contributed by atoms with Crippen LogP contribution in [-0.2, 0) is 6.18 Å². The molecule has 0 saturated heterocycles. The first-order valence-electron chi connectivity index (χ1n) is 5.85. The number of ether oxygens (including phenoxy) is 1. The second-order valence-electron chi connectivity index (χ2n) is 3.96. The van der Waals surface area contributed by atoms with Crippen LogP contribution in [0.1, 0.15) is 12.0 Å². The Kier molecular flexibility index (Phi) is 5.91. The molecule has 1 aromatic carbocycles. The number of hydrogen-bond donors (Lipinski definition) is 3. The molecule has 0 aliphatic rings. The van der Waals surface area contributed by atoms with Crippen LogP contribution in [0.4, 0.5) is 18.9 Å². The summed E-state index contributed by atoms with van der Waals surface area (Å²) in [6, 6.07) is 3.16. The van der Waals surface area contributed by atoms with Gasteiger partial charge in [-0.15, -0.1) is 0 Å². The number of anilines is 1. The van der Waals surface area contributed by atoms with E-state index >= 15 is 0 Å². The fourth-order valence-electron chi connectivity index (χ4n) is 1.46. The predicted octanol–water partition coefficient (Wildman–Crippen LogP) is 1.64. The van der Waals surface area contributed by atoms with E-state index in [4.69, 9.17) is 15.6 Å². The van der Waals surface area contributed by atoms with E-state index in [9.17, 15) is 13.2 Å². The summed E-state index contributed by atoms with van der Waals surface area (Å²) in [4.78, 5) is 0. The molecule has 0 heterocycles. The molecular weight excluding hydrogens is 261 g/mol. The SMILES string of the molecule is Nc1cc(OCCCNCCO)cc(C(F)(F)F)c1. The average Bonchev–Trinajstić information content (AvgIpc) is 2.32. The Balaban J connectivity index is 2.48. The van der Waals surface area contributed by atoms with Crippen LogP contribution in [0.2, 0.25) is 0 Å². The molecule has 0 aliphatic carbocycles. The molecule has 0 amide bonds. The van der Waals surface area contributed by atoms with Crippen LogP contribution in [0.25, 0.3) is 0 Å². The van der Waals surface area contributed by atoms with Crippen LogP contribution in [0, 0.1) is 0 Å². The minimum Gasteiger partial charge on any atom is -0.493 e. The molecule has 1 aromatic rings. The van der Waals surface area contributed by atoms with Crippen molar-refractivity contribution < 1.29 is 23.0 Å². The van der Waals surface area contributed by atoms with Crippen LogP contribution in [-0.4, -0.2) is 31.4 Å². The molecule has 0 fully saturated rings. The third kappa shape index (κ3) is 5.80. The first-order valence-corrected chi connectivity index (χ1v) is 5.85. The molecule has 108 valence electrons. The van der Waals surface area contributed by atoms with Crippen molar-refractivity contribution in [2.24, 2.45) is 0 Å². The molecule has 1 rings (SSSR count). The molecule has 0 atom stereocenters. The van der Waals surface area contributed by atoms with E-state index in [0.717, 1.165) is 12.1 Å². The van der Waals surface area contributed by atoms with Gasteiger partial charge in [-0.25, -0.2) is 0 Å². The standard InChI is InChI=1S/C12H17F3N2O2/c13-12(14,15)9-6-10(16)8-11(7-9)19-5-1-2-17-3-4-18/h6-8,17-18H,1-5,16H2. The number of hydrogen-bond acceptors (Lipinski definition) is 4. The number of nitrogen functional groups attached to an aromatic ring is 1. The van der Waals surface area contributed by atoms with E-state index in [-0.39, 0.29) is 24.7 Å². The fourth-order valence-corrected chi connectivity index (χ4v) is 1.46. The number of rotatable bonds is 7. The molecule has 0 bridgehead atoms. The lowest BCUT2D eigenvalue weighted by atomic mass is 10.2. The third-order valence-electron chi connectivity index (χ3n) is 2.31. The van der Waals surface area contributed by atoms with E-state index in [0.29, 0.717) is 19.5 Å². The van der Waals surface area contributed by atoms with Crippen LogP contribution in [0.5, 0.6) is 5.75 Å². The van der Waals surface area contributed by atoms with Crippen molar-refractivity contribution in [3.05, 3.63) is 23.8 Å². The second-order valence-corrected chi connectivity index (χ2v) is 3.96. The van der Waals surface area contributed by atoms with Crippen LogP contribution in [0.3, 0.4) is 0 Å².